The summed E-state index contributed by atoms with van der Waals surface area (Å²) in [5.41, 5.74) is 5.28. The molecule has 0 aliphatic heterocycles. The molecular formula is C18H19N3O4. The Balaban J connectivity index is 1.97. The minimum atomic E-state index is -0.478. The minimum absolute atomic E-state index is 0.0308. The van der Waals surface area contributed by atoms with Crippen LogP contribution in [0.3, 0.4) is 0 Å². The maximum Gasteiger partial charge on any atom is 0.277 e. The molecule has 0 radical (unpaired) electrons. The van der Waals surface area contributed by atoms with E-state index >= 15 is 0 Å². The predicted octanol–water partition coefficient (Wildman–Crippen LogP) is 3.13. The van der Waals surface area contributed by atoms with Crippen molar-refractivity contribution in [3.8, 4) is 5.75 Å². The Hall–Kier alpha value is -3.22. The van der Waals surface area contributed by atoms with Crippen LogP contribution in [-0.4, -0.2) is 23.1 Å². The van der Waals surface area contributed by atoms with Crippen molar-refractivity contribution in [1.82, 2.24) is 5.43 Å². The van der Waals surface area contributed by atoms with Crippen LogP contribution in [-0.2, 0) is 4.79 Å². The molecule has 0 heterocycles. The van der Waals surface area contributed by atoms with Gasteiger partial charge < -0.3 is 4.74 Å². The van der Waals surface area contributed by atoms with Crippen LogP contribution in [0.4, 0.5) is 5.69 Å². The zero-order valence-corrected chi connectivity index (χ0v) is 14.3. The lowest BCUT2D eigenvalue weighted by atomic mass is 10.1. The average molecular weight is 341 g/mol. The van der Waals surface area contributed by atoms with E-state index in [1.807, 2.05) is 32.0 Å². The number of ether oxygens (including phenoxy) is 1. The molecule has 2 aromatic carbocycles. The number of benzene rings is 2. The van der Waals surface area contributed by atoms with Gasteiger partial charge in [0.05, 0.1) is 10.6 Å². The first kappa shape index (κ1) is 18.1. The van der Waals surface area contributed by atoms with Crippen molar-refractivity contribution in [1.29, 1.82) is 0 Å². The fraction of sp³-hybridized carbons (Fsp3) is 0.222. The molecule has 0 fully saturated rings. The van der Waals surface area contributed by atoms with Crippen molar-refractivity contribution in [3.63, 3.8) is 0 Å². The van der Waals surface area contributed by atoms with E-state index < -0.39 is 10.8 Å². The molecule has 130 valence electrons. The predicted molar refractivity (Wildman–Crippen MR) is 94.9 cm³/mol. The number of nitro benzene ring substituents is 1. The highest BCUT2D eigenvalue weighted by molar-refractivity contribution is 5.99. The second-order valence-corrected chi connectivity index (χ2v) is 5.55. The van der Waals surface area contributed by atoms with Crippen molar-refractivity contribution in [2.24, 2.45) is 5.10 Å². The Morgan fingerprint density at radius 1 is 1.20 bits per heavy atom. The first-order chi connectivity index (χ1) is 11.9. The number of carbonyl (C=O) groups is 1. The lowest BCUT2D eigenvalue weighted by Crippen LogP contribution is -2.26. The number of nitrogens with zero attached hydrogens (tertiary/aromatic N) is 2. The summed E-state index contributed by atoms with van der Waals surface area (Å²) in [7, 11) is 0. The van der Waals surface area contributed by atoms with E-state index in [0.717, 1.165) is 11.1 Å². The van der Waals surface area contributed by atoms with Crippen LogP contribution >= 0.6 is 0 Å². The smallest absolute Gasteiger partial charge is 0.277 e. The Bertz CT molecular complexity index is 811. The van der Waals surface area contributed by atoms with Crippen molar-refractivity contribution >= 4 is 17.3 Å². The maximum absolute atomic E-state index is 11.9. The van der Waals surface area contributed by atoms with Gasteiger partial charge in [0.25, 0.3) is 11.6 Å². The molecule has 2 aromatic rings. The van der Waals surface area contributed by atoms with Crippen LogP contribution in [0.1, 0.15) is 23.6 Å². The van der Waals surface area contributed by atoms with Gasteiger partial charge in [0.15, 0.2) is 6.61 Å². The number of hydrogen-bond acceptors (Lipinski definition) is 5. The number of carbonyl (C=O) groups excluding carboxylic acids is 1. The maximum atomic E-state index is 11.9. The lowest BCUT2D eigenvalue weighted by Gasteiger charge is -2.11. The third kappa shape index (κ3) is 4.87. The molecule has 0 saturated heterocycles. The summed E-state index contributed by atoms with van der Waals surface area (Å²) in [6.45, 7) is 5.30. The summed E-state index contributed by atoms with van der Waals surface area (Å²) >= 11 is 0. The molecule has 7 nitrogen and oxygen atoms in total. The van der Waals surface area contributed by atoms with Gasteiger partial charge in [-0.15, -0.1) is 0 Å². The standard InChI is InChI=1S/C18H19N3O4/c1-12-6-4-7-13(2)18(12)25-11-17(22)20-19-14(3)15-8-5-9-16(10-15)21(23)24/h4-10H,11H2,1-3H3,(H,20,22). The third-order valence-electron chi connectivity index (χ3n) is 3.58. The molecule has 0 aliphatic carbocycles. The molecule has 2 rings (SSSR count). The van der Waals surface area contributed by atoms with Gasteiger partial charge in [-0.05, 0) is 31.9 Å². The Kier molecular flexibility index (Phi) is 5.84. The van der Waals surface area contributed by atoms with E-state index in [2.05, 4.69) is 10.5 Å². The molecule has 0 aliphatic rings. The fourth-order valence-corrected chi connectivity index (χ4v) is 2.25. The van der Waals surface area contributed by atoms with Gasteiger partial charge in [-0.1, -0.05) is 30.3 Å². The molecule has 0 spiro atoms. The number of amides is 1. The second kappa shape index (κ2) is 8.05. The summed E-state index contributed by atoms with van der Waals surface area (Å²) in [5, 5.41) is 14.8. The van der Waals surface area contributed by atoms with Gasteiger partial charge in [-0.2, -0.15) is 5.10 Å². The molecule has 1 amide bonds. The van der Waals surface area contributed by atoms with Gasteiger partial charge in [-0.25, -0.2) is 5.43 Å². The number of rotatable bonds is 6. The van der Waals surface area contributed by atoms with Gasteiger partial charge >= 0.3 is 0 Å². The van der Waals surface area contributed by atoms with Crippen LogP contribution in [0.5, 0.6) is 5.75 Å². The SMILES string of the molecule is CC(=NNC(=O)COc1c(C)cccc1C)c1cccc([N+](=O)[O-])c1. The number of hydrogen-bond donors (Lipinski definition) is 1. The van der Waals surface area contributed by atoms with E-state index in [4.69, 9.17) is 4.74 Å². The number of para-hydroxylation sites is 1. The van der Waals surface area contributed by atoms with Crippen LogP contribution < -0.4 is 10.2 Å². The third-order valence-corrected chi connectivity index (χ3v) is 3.58. The molecule has 7 heteroatoms. The van der Waals surface area contributed by atoms with Crippen molar-refractivity contribution < 1.29 is 14.5 Å². The fourth-order valence-electron chi connectivity index (χ4n) is 2.25. The summed E-state index contributed by atoms with van der Waals surface area (Å²) in [4.78, 5) is 22.2. The van der Waals surface area contributed by atoms with Gasteiger partial charge in [-0.3, -0.25) is 14.9 Å². The quantitative estimate of drug-likeness (QED) is 0.496. The number of aryl methyl sites for hydroxylation is 2. The van der Waals surface area contributed by atoms with E-state index in [-0.39, 0.29) is 12.3 Å². The molecular weight excluding hydrogens is 322 g/mol. The van der Waals surface area contributed by atoms with Gasteiger partial charge in [0.1, 0.15) is 5.75 Å². The van der Waals surface area contributed by atoms with Crippen LogP contribution in [0.15, 0.2) is 47.6 Å². The van der Waals surface area contributed by atoms with E-state index in [1.54, 1.807) is 19.1 Å². The normalized spacial score (nSPS) is 11.1. The highest BCUT2D eigenvalue weighted by Crippen LogP contribution is 2.22. The van der Waals surface area contributed by atoms with E-state index in [0.29, 0.717) is 17.0 Å². The average Bonchev–Trinajstić information content (AvgIpc) is 2.59. The van der Waals surface area contributed by atoms with Crippen LogP contribution in [0.2, 0.25) is 0 Å². The summed E-state index contributed by atoms with van der Waals surface area (Å²) in [6.07, 6.45) is 0. The molecule has 0 bridgehead atoms. The monoisotopic (exact) mass is 341 g/mol. The lowest BCUT2D eigenvalue weighted by molar-refractivity contribution is -0.384. The molecule has 0 aromatic heterocycles. The van der Waals surface area contributed by atoms with Crippen molar-refractivity contribution in [3.05, 3.63) is 69.3 Å². The zero-order chi connectivity index (χ0) is 18.4. The van der Waals surface area contributed by atoms with Crippen molar-refractivity contribution in [2.45, 2.75) is 20.8 Å². The number of non-ortho nitro benzene ring substituents is 1. The number of nitrogens with one attached hydrogen (secondary N) is 1. The van der Waals surface area contributed by atoms with Crippen molar-refractivity contribution in [2.75, 3.05) is 6.61 Å². The molecule has 1 N–H and O–H groups in total. The summed E-state index contributed by atoms with van der Waals surface area (Å²) in [5.74, 6) is 0.268. The van der Waals surface area contributed by atoms with Crippen LogP contribution in [0, 0.1) is 24.0 Å². The minimum Gasteiger partial charge on any atom is -0.483 e. The topological polar surface area (TPSA) is 93.8 Å². The van der Waals surface area contributed by atoms with E-state index in [1.165, 1.54) is 12.1 Å². The summed E-state index contributed by atoms with van der Waals surface area (Å²) < 4.78 is 5.55. The highest BCUT2D eigenvalue weighted by atomic mass is 16.6. The van der Waals surface area contributed by atoms with Gasteiger partial charge in [0.2, 0.25) is 0 Å². The first-order valence-electron chi connectivity index (χ1n) is 7.65. The molecule has 0 unspecified atom stereocenters. The van der Waals surface area contributed by atoms with Gasteiger partial charge in [0, 0.05) is 17.7 Å². The largest absolute Gasteiger partial charge is 0.483 e. The second-order valence-electron chi connectivity index (χ2n) is 5.55. The Morgan fingerprint density at radius 3 is 2.48 bits per heavy atom. The zero-order valence-electron chi connectivity index (χ0n) is 14.3. The first-order valence-corrected chi connectivity index (χ1v) is 7.65. The molecule has 0 saturated carbocycles. The number of nitro groups is 1. The van der Waals surface area contributed by atoms with Crippen LogP contribution in [0.25, 0.3) is 0 Å². The Labute approximate surface area is 145 Å². The number of hydrazone groups is 1. The highest BCUT2D eigenvalue weighted by Gasteiger charge is 2.09. The summed E-state index contributed by atoms with van der Waals surface area (Å²) in [6, 6.07) is 11.8. The Morgan fingerprint density at radius 2 is 1.84 bits per heavy atom. The van der Waals surface area contributed by atoms with E-state index in [9.17, 15) is 14.9 Å². The molecule has 25 heavy (non-hydrogen) atoms. The molecule has 0 atom stereocenters.